The number of pyridine rings is 1. The van der Waals surface area contributed by atoms with Crippen LogP contribution in [0.15, 0.2) is 18.2 Å². The first-order valence-electron chi connectivity index (χ1n) is 6.78. The first-order chi connectivity index (χ1) is 10.1. The second-order valence-electron chi connectivity index (χ2n) is 4.91. The van der Waals surface area contributed by atoms with Crippen LogP contribution in [0.2, 0.25) is 0 Å². The van der Waals surface area contributed by atoms with Crippen molar-refractivity contribution in [2.45, 2.75) is 19.3 Å². The van der Waals surface area contributed by atoms with Crippen LogP contribution in [0.4, 0.5) is 14.6 Å². The molecule has 2 heterocycles. The number of hydrogen-bond acceptors (Lipinski definition) is 4. The topological polar surface area (TPSA) is 69.0 Å². The number of nitrogens with one attached hydrogen (secondary N) is 1. The molecule has 1 aliphatic heterocycles. The van der Waals surface area contributed by atoms with Crippen molar-refractivity contribution in [3.8, 4) is 6.07 Å². The number of halogens is 2. The minimum Gasteiger partial charge on any atom is -0.356 e. The molecule has 1 aromatic heterocycles. The van der Waals surface area contributed by atoms with Gasteiger partial charge in [-0.05, 0) is 25.0 Å². The average Bonchev–Trinajstić information content (AvgIpc) is 2.52. The Morgan fingerprint density at radius 2 is 2.38 bits per heavy atom. The Morgan fingerprint density at radius 1 is 1.57 bits per heavy atom. The smallest absolute Gasteiger partial charge is 0.255 e. The largest absolute Gasteiger partial charge is 0.356 e. The summed E-state index contributed by atoms with van der Waals surface area (Å²) in [5.41, 5.74) is 0.316. The number of amides is 1. The van der Waals surface area contributed by atoms with Crippen molar-refractivity contribution in [2.75, 3.05) is 24.5 Å². The second kappa shape index (κ2) is 6.97. The summed E-state index contributed by atoms with van der Waals surface area (Å²) in [6.07, 6.45) is -1.09. The van der Waals surface area contributed by atoms with E-state index in [1.165, 1.54) is 0 Å². The van der Waals surface area contributed by atoms with Crippen molar-refractivity contribution in [3.63, 3.8) is 0 Å². The van der Waals surface area contributed by atoms with Crippen LogP contribution in [-0.2, 0) is 4.79 Å². The minimum atomic E-state index is -2.54. The lowest BCUT2D eigenvalue weighted by atomic mass is 9.97. The number of carbonyl (C=O) groups is 1. The Balaban J connectivity index is 2.00. The number of piperidine rings is 1. The fraction of sp³-hybridized carbons (Fsp3) is 0.500. The molecule has 21 heavy (non-hydrogen) atoms. The van der Waals surface area contributed by atoms with E-state index in [0.717, 1.165) is 13.0 Å². The number of nitrogens with zero attached hydrogens (tertiary/aromatic N) is 3. The first-order valence-corrected chi connectivity index (χ1v) is 6.78. The molecule has 0 saturated carbocycles. The highest BCUT2D eigenvalue weighted by molar-refractivity contribution is 5.79. The fourth-order valence-electron chi connectivity index (χ4n) is 2.38. The number of anilines is 1. The molecule has 1 saturated heterocycles. The van der Waals surface area contributed by atoms with E-state index in [2.05, 4.69) is 10.3 Å². The van der Waals surface area contributed by atoms with Gasteiger partial charge in [-0.25, -0.2) is 13.8 Å². The molecule has 1 atom stereocenters. The predicted molar refractivity (Wildman–Crippen MR) is 72.9 cm³/mol. The summed E-state index contributed by atoms with van der Waals surface area (Å²) in [5.74, 6) is -0.0399. The molecule has 112 valence electrons. The summed E-state index contributed by atoms with van der Waals surface area (Å²) in [4.78, 5) is 18.0. The zero-order valence-electron chi connectivity index (χ0n) is 11.4. The van der Waals surface area contributed by atoms with Gasteiger partial charge in [0.2, 0.25) is 5.91 Å². The minimum absolute atomic E-state index is 0.316. The summed E-state index contributed by atoms with van der Waals surface area (Å²) >= 11 is 0. The van der Waals surface area contributed by atoms with Crippen molar-refractivity contribution < 1.29 is 13.6 Å². The van der Waals surface area contributed by atoms with Gasteiger partial charge in [0.1, 0.15) is 17.6 Å². The highest BCUT2D eigenvalue weighted by atomic mass is 19.3. The Morgan fingerprint density at radius 3 is 3.10 bits per heavy atom. The molecule has 1 aromatic rings. The van der Waals surface area contributed by atoms with Gasteiger partial charge in [0.15, 0.2) is 0 Å². The normalized spacial score (nSPS) is 18.4. The van der Waals surface area contributed by atoms with E-state index in [1.807, 2.05) is 11.0 Å². The Labute approximate surface area is 121 Å². The Kier molecular flexibility index (Phi) is 5.04. The molecule has 5 nitrogen and oxygen atoms in total. The zero-order valence-corrected chi connectivity index (χ0v) is 11.4. The first kappa shape index (κ1) is 15.2. The van der Waals surface area contributed by atoms with Crippen LogP contribution < -0.4 is 10.2 Å². The lowest BCUT2D eigenvalue weighted by Gasteiger charge is -2.32. The number of nitriles is 1. The second-order valence-corrected chi connectivity index (χ2v) is 4.91. The number of alkyl halides is 2. The predicted octanol–water partition coefficient (Wildman–Crippen LogP) is 1.55. The lowest BCUT2D eigenvalue weighted by molar-refractivity contribution is -0.125. The van der Waals surface area contributed by atoms with Gasteiger partial charge in [0.25, 0.3) is 6.43 Å². The molecule has 1 aliphatic rings. The van der Waals surface area contributed by atoms with E-state index in [9.17, 15) is 13.6 Å². The standard InChI is InChI=1S/C14H16F2N4O/c15-12(16)8-18-14(21)10-3-2-6-20(9-10)13-5-1-4-11(7-17)19-13/h1,4-5,10,12H,2-3,6,8-9H2,(H,18,21). The molecule has 0 bridgehead atoms. The third-order valence-electron chi connectivity index (χ3n) is 3.40. The van der Waals surface area contributed by atoms with E-state index in [-0.39, 0.29) is 11.8 Å². The highest BCUT2D eigenvalue weighted by Crippen LogP contribution is 2.22. The molecule has 0 aromatic carbocycles. The van der Waals surface area contributed by atoms with Crippen molar-refractivity contribution >= 4 is 11.7 Å². The Bertz CT molecular complexity index is 544. The van der Waals surface area contributed by atoms with Crippen LogP contribution in [0, 0.1) is 17.2 Å². The Hall–Kier alpha value is -2.23. The van der Waals surface area contributed by atoms with Crippen molar-refractivity contribution in [3.05, 3.63) is 23.9 Å². The third-order valence-corrected chi connectivity index (χ3v) is 3.40. The maximum absolute atomic E-state index is 12.1. The van der Waals surface area contributed by atoms with Crippen molar-refractivity contribution in [1.82, 2.24) is 10.3 Å². The average molecular weight is 294 g/mol. The summed E-state index contributed by atoms with van der Waals surface area (Å²) in [6, 6.07) is 7.10. The van der Waals surface area contributed by atoms with E-state index in [1.54, 1.807) is 18.2 Å². The molecule has 0 radical (unpaired) electrons. The quantitative estimate of drug-likeness (QED) is 0.915. The van der Waals surface area contributed by atoms with Crippen LogP contribution >= 0.6 is 0 Å². The lowest BCUT2D eigenvalue weighted by Crippen LogP contribution is -2.44. The summed E-state index contributed by atoms with van der Waals surface area (Å²) in [7, 11) is 0. The van der Waals surface area contributed by atoms with Crippen molar-refractivity contribution in [1.29, 1.82) is 5.26 Å². The van der Waals surface area contributed by atoms with Crippen LogP contribution in [0.25, 0.3) is 0 Å². The molecule has 1 fully saturated rings. The van der Waals surface area contributed by atoms with Gasteiger partial charge < -0.3 is 10.2 Å². The van der Waals surface area contributed by atoms with Gasteiger partial charge in [0, 0.05) is 13.1 Å². The van der Waals surface area contributed by atoms with E-state index < -0.39 is 13.0 Å². The number of carbonyl (C=O) groups excluding carboxylic acids is 1. The maximum atomic E-state index is 12.1. The fourth-order valence-corrected chi connectivity index (χ4v) is 2.38. The molecule has 1 N–H and O–H groups in total. The van der Waals surface area contributed by atoms with Gasteiger partial charge >= 0.3 is 0 Å². The van der Waals surface area contributed by atoms with Gasteiger partial charge in [-0.15, -0.1) is 0 Å². The number of hydrogen-bond donors (Lipinski definition) is 1. The zero-order chi connectivity index (χ0) is 15.2. The molecular weight excluding hydrogens is 278 g/mol. The van der Waals surface area contributed by atoms with Gasteiger partial charge in [-0.1, -0.05) is 6.07 Å². The summed E-state index contributed by atoms with van der Waals surface area (Å²) in [5, 5.41) is 11.1. The molecule has 1 unspecified atom stereocenters. The molecule has 1 amide bonds. The van der Waals surface area contributed by atoms with Gasteiger partial charge in [-0.2, -0.15) is 5.26 Å². The summed E-state index contributed by atoms with van der Waals surface area (Å²) in [6.45, 7) is 0.551. The molecule has 7 heteroatoms. The highest BCUT2D eigenvalue weighted by Gasteiger charge is 2.26. The van der Waals surface area contributed by atoms with E-state index in [0.29, 0.717) is 24.5 Å². The van der Waals surface area contributed by atoms with Crippen LogP contribution in [0.3, 0.4) is 0 Å². The van der Waals surface area contributed by atoms with Gasteiger partial charge in [0.05, 0.1) is 12.5 Å². The SMILES string of the molecule is N#Cc1cccc(N2CCCC(C(=O)NCC(F)F)C2)n1. The van der Waals surface area contributed by atoms with Crippen LogP contribution in [0.1, 0.15) is 18.5 Å². The number of rotatable bonds is 4. The number of aromatic nitrogens is 1. The molecule has 2 rings (SSSR count). The van der Waals surface area contributed by atoms with Crippen LogP contribution in [-0.4, -0.2) is 37.0 Å². The molecule has 0 aliphatic carbocycles. The molecule has 0 spiro atoms. The monoisotopic (exact) mass is 294 g/mol. The molecular formula is C14H16F2N4O. The van der Waals surface area contributed by atoms with E-state index >= 15 is 0 Å². The van der Waals surface area contributed by atoms with Crippen LogP contribution in [0.5, 0.6) is 0 Å². The van der Waals surface area contributed by atoms with Crippen molar-refractivity contribution in [2.24, 2.45) is 5.92 Å². The summed E-state index contributed by atoms with van der Waals surface area (Å²) < 4.78 is 24.2. The van der Waals surface area contributed by atoms with Gasteiger partial charge in [-0.3, -0.25) is 4.79 Å². The third kappa shape index (κ3) is 4.12. The van der Waals surface area contributed by atoms with E-state index in [4.69, 9.17) is 5.26 Å². The maximum Gasteiger partial charge on any atom is 0.255 e.